The molecule has 29 heavy (non-hydrogen) atoms. The van der Waals surface area contributed by atoms with Crippen molar-refractivity contribution in [2.45, 2.75) is 19.8 Å². The third-order valence-electron chi connectivity index (χ3n) is 4.27. The molecule has 0 aromatic heterocycles. The smallest absolute Gasteiger partial charge is 0.262 e. The first kappa shape index (κ1) is 20.1. The Bertz CT molecular complexity index is 971. The molecule has 3 aromatic rings. The van der Waals surface area contributed by atoms with Crippen LogP contribution in [0.1, 0.15) is 17.5 Å². The Labute approximate surface area is 170 Å². The minimum absolute atomic E-state index is 0.0644. The standard InChI is InChI=1S/C24H24N2O3/c1-18-7-5-8-19(15-18)13-14-23(27)26-21-11-6-12-22(16-21)29-17-24(28)25-20-9-3-2-4-10-20/h2-12,15-16H,13-14,17H2,1H3,(H,25,28)(H,26,27). The minimum atomic E-state index is -0.246. The summed E-state index contributed by atoms with van der Waals surface area (Å²) in [4.78, 5) is 24.2. The van der Waals surface area contributed by atoms with E-state index in [1.165, 1.54) is 5.56 Å². The summed E-state index contributed by atoms with van der Waals surface area (Å²) in [6.45, 7) is 1.93. The highest BCUT2D eigenvalue weighted by Gasteiger charge is 2.07. The van der Waals surface area contributed by atoms with Gasteiger partial charge in [-0.15, -0.1) is 0 Å². The van der Waals surface area contributed by atoms with Crippen LogP contribution >= 0.6 is 0 Å². The van der Waals surface area contributed by atoms with Gasteiger partial charge in [0.15, 0.2) is 6.61 Å². The van der Waals surface area contributed by atoms with E-state index in [0.717, 1.165) is 11.3 Å². The predicted octanol–water partition coefficient (Wildman–Crippen LogP) is 4.58. The first-order valence-electron chi connectivity index (χ1n) is 9.52. The Balaban J connectivity index is 1.47. The SMILES string of the molecule is Cc1cccc(CCC(=O)Nc2cccc(OCC(=O)Nc3ccccc3)c2)c1. The molecular weight excluding hydrogens is 364 g/mol. The van der Waals surface area contributed by atoms with Crippen LogP contribution in [0.2, 0.25) is 0 Å². The number of amides is 2. The summed E-state index contributed by atoms with van der Waals surface area (Å²) in [6.07, 6.45) is 1.08. The fourth-order valence-corrected chi connectivity index (χ4v) is 2.88. The number of ether oxygens (including phenoxy) is 1. The Morgan fingerprint density at radius 2 is 1.52 bits per heavy atom. The normalized spacial score (nSPS) is 10.2. The number of carbonyl (C=O) groups is 2. The lowest BCUT2D eigenvalue weighted by Crippen LogP contribution is -2.20. The second kappa shape index (κ2) is 10.1. The number of aryl methyl sites for hydroxylation is 2. The lowest BCUT2D eigenvalue weighted by molar-refractivity contribution is -0.118. The number of para-hydroxylation sites is 1. The van der Waals surface area contributed by atoms with Crippen LogP contribution in [0.15, 0.2) is 78.9 Å². The minimum Gasteiger partial charge on any atom is -0.484 e. The zero-order valence-corrected chi connectivity index (χ0v) is 16.4. The van der Waals surface area contributed by atoms with Crippen molar-refractivity contribution in [1.29, 1.82) is 0 Å². The molecule has 5 heteroatoms. The number of hydrogen-bond donors (Lipinski definition) is 2. The van der Waals surface area contributed by atoms with Gasteiger partial charge in [0.25, 0.3) is 5.91 Å². The van der Waals surface area contributed by atoms with E-state index in [1.54, 1.807) is 24.3 Å². The molecule has 0 fully saturated rings. The monoisotopic (exact) mass is 388 g/mol. The van der Waals surface area contributed by atoms with E-state index < -0.39 is 0 Å². The zero-order valence-electron chi connectivity index (χ0n) is 16.4. The van der Waals surface area contributed by atoms with Crippen molar-refractivity contribution in [2.24, 2.45) is 0 Å². The number of hydrogen-bond acceptors (Lipinski definition) is 3. The number of rotatable bonds is 8. The molecule has 0 aliphatic carbocycles. The van der Waals surface area contributed by atoms with E-state index in [9.17, 15) is 9.59 Å². The molecule has 5 nitrogen and oxygen atoms in total. The molecule has 0 bridgehead atoms. The molecule has 3 aromatic carbocycles. The Hall–Kier alpha value is -3.60. The molecule has 0 aliphatic rings. The largest absolute Gasteiger partial charge is 0.484 e. The van der Waals surface area contributed by atoms with Gasteiger partial charge in [-0.25, -0.2) is 0 Å². The van der Waals surface area contributed by atoms with E-state index in [0.29, 0.717) is 24.3 Å². The van der Waals surface area contributed by atoms with E-state index >= 15 is 0 Å². The highest BCUT2D eigenvalue weighted by atomic mass is 16.5. The maximum absolute atomic E-state index is 12.2. The maximum atomic E-state index is 12.2. The highest BCUT2D eigenvalue weighted by Crippen LogP contribution is 2.18. The second-order valence-electron chi connectivity index (χ2n) is 6.77. The quantitative estimate of drug-likeness (QED) is 0.593. The summed E-state index contributed by atoms with van der Waals surface area (Å²) in [5.41, 5.74) is 3.68. The van der Waals surface area contributed by atoms with Gasteiger partial charge in [-0.1, -0.05) is 54.1 Å². The van der Waals surface area contributed by atoms with Crippen LogP contribution in [0.3, 0.4) is 0 Å². The van der Waals surface area contributed by atoms with Crippen molar-refractivity contribution < 1.29 is 14.3 Å². The summed E-state index contributed by atoms with van der Waals surface area (Å²) >= 11 is 0. The van der Waals surface area contributed by atoms with E-state index in [1.807, 2.05) is 55.5 Å². The molecule has 0 saturated heterocycles. The first-order chi connectivity index (χ1) is 14.1. The summed E-state index contributed by atoms with van der Waals surface area (Å²) in [5, 5.41) is 5.64. The highest BCUT2D eigenvalue weighted by molar-refractivity contribution is 5.92. The van der Waals surface area contributed by atoms with Crippen molar-refractivity contribution in [3.8, 4) is 5.75 Å². The molecule has 3 rings (SSSR count). The van der Waals surface area contributed by atoms with Crippen LogP contribution in [0.25, 0.3) is 0 Å². The van der Waals surface area contributed by atoms with Crippen LogP contribution in [0, 0.1) is 6.92 Å². The molecule has 2 amide bonds. The number of benzene rings is 3. The summed E-state index contributed by atoms with van der Waals surface area (Å²) < 4.78 is 5.54. The first-order valence-corrected chi connectivity index (χ1v) is 9.52. The van der Waals surface area contributed by atoms with Gasteiger partial charge in [0.2, 0.25) is 5.91 Å². The third kappa shape index (κ3) is 6.81. The maximum Gasteiger partial charge on any atom is 0.262 e. The molecular formula is C24H24N2O3. The molecule has 0 aliphatic heterocycles. The molecule has 2 N–H and O–H groups in total. The fraction of sp³-hybridized carbons (Fsp3) is 0.167. The third-order valence-corrected chi connectivity index (χ3v) is 4.27. The summed E-state index contributed by atoms with van der Waals surface area (Å²) in [5.74, 6) is 0.207. The van der Waals surface area contributed by atoms with Gasteiger partial charge in [0.1, 0.15) is 5.75 Å². The number of carbonyl (C=O) groups excluding carboxylic acids is 2. The van der Waals surface area contributed by atoms with E-state index in [-0.39, 0.29) is 18.4 Å². The van der Waals surface area contributed by atoms with Crippen LogP contribution in [-0.2, 0) is 16.0 Å². The molecule has 0 unspecified atom stereocenters. The van der Waals surface area contributed by atoms with Crippen LogP contribution < -0.4 is 15.4 Å². The molecule has 0 saturated carbocycles. The summed E-state index contributed by atoms with van der Waals surface area (Å²) in [6, 6.07) is 24.4. The van der Waals surface area contributed by atoms with Crippen molar-refractivity contribution in [3.63, 3.8) is 0 Å². The predicted molar refractivity (Wildman–Crippen MR) is 115 cm³/mol. The number of anilines is 2. The Morgan fingerprint density at radius 3 is 2.31 bits per heavy atom. The molecule has 0 radical (unpaired) electrons. The summed E-state index contributed by atoms with van der Waals surface area (Å²) in [7, 11) is 0. The Kier molecular flexibility index (Phi) is 7.00. The molecule has 0 atom stereocenters. The van der Waals surface area contributed by atoms with Gasteiger partial charge in [0, 0.05) is 23.9 Å². The fourth-order valence-electron chi connectivity index (χ4n) is 2.88. The topological polar surface area (TPSA) is 67.4 Å². The van der Waals surface area contributed by atoms with Crippen LogP contribution in [-0.4, -0.2) is 18.4 Å². The Morgan fingerprint density at radius 1 is 0.793 bits per heavy atom. The van der Waals surface area contributed by atoms with E-state index in [4.69, 9.17) is 4.74 Å². The lowest BCUT2D eigenvalue weighted by atomic mass is 10.1. The molecule has 0 spiro atoms. The zero-order chi connectivity index (χ0) is 20.5. The van der Waals surface area contributed by atoms with Crippen molar-refractivity contribution in [1.82, 2.24) is 0 Å². The van der Waals surface area contributed by atoms with Gasteiger partial charge in [-0.3, -0.25) is 9.59 Å². The van der Waals surface area contributed by atoms with Crippen molar-refractivity contribution >= 4 is 23.2 Å². The molecule has 0 heterocycles. The number of nitrogens with one attached hydrogen (secondary N) is 2. The van der Waals surface area contributed by atoms with E-state index in [2.05, 4.69) is 16.7 Å². The average molecular weight is 388 g/mol. The van der Waals surface area contributed by atoms with Crippen molar-refractivity contribution in [2.75, 3.05) is 17.2 Å². The molecule has 148 valence electrons. The van der Waals surface area contributed by atoms with Gasteiger partial charge in [-0.05, 0) is 43.2 Å². The second-order valence-corrected chi connectivity index (χ2v) is 6.77. The van der Waals surface area contributed by atoms with Gasteiger partial charge in [-0.2, -0.15) is 0 Å². The van der Waals surface area contributed by atoms with Crippen molar-refractivity contribution in [3.05, 3.63) is 90.0 Å². The van der Waals surface area contributed by atoms with Crippen LogP contribution in [0.5, 0.6) is 5.75 Å². The van der Waals surface area contributed by atoms with Gasteiger partial charge in [0.05, 0.1) is 0 Å². The van der Waals surface area contributed by atoms with Gasteiger partial charge < -0.3 is 15.4 Å². The lowest BCUT2D eigenvalue weighted by Gasteiger charge is -2.10. The van der Waals surface area contributed by atoms with Crippen LogP contribution in [0.4, 0.5) is 11.4 Å². The average Bonchev–Trinajstić information content (AvgIpc) is 2.72. The van der Waals surface area contributed by atoms with Gasteiger partial charge >= 0.3 is 0 Å².